The molecule has 1 heterocycles. The smallest absolute Gasteiger partial charge is 0.0524 e. The van der Waals surface area contributed by atoms with Crippen LogP contribution in [0, 0.1) is 0 Å². The van der Waals surface area contributed by atoms with Crippen molar-refractivity contribution in [3.8, 4) is 0 Å². The average Bonchev–Trinajstić information content (AvgIpc) is 2.39. The molecule has 0 aliphatic heterocycles. The molecule has 0 radical (unpaired) electrons. The lowest BCUT2D eigenvalue weighted by Crippen LogP contribution is -1.92. The zero-order valence-corrected chi connectivity index (χ0v) is 7.54. The van der Waals surface area contributed by atoms with Crippen molar-refractivity contribution in [1.29, 1.82) is 0 Å². The van der Waals surface area contributed by atoms with Crippen LogP contribution in [0.15, 0.2) is 12.4 Å². The Balaban J connectivity index is 2.73. The van der Waals surface area contributed by atoms with Crippen molar-refractivity contribution in [1.82, 2.24) is 9.78 Å². The topological polar surface area (TPSA) is 17.8 Å². The molecule has 0 N–H and O–H groups in total. The summed E-state index contributed by atoms with van der Waals surface area (Å²) in [4.78, 5) is 0. The van der Waals surface area contributed by atoms with E-state index in [1.54, 1.807) is 0 Å². The van der Waals surface area contributed by atoms with Gasteiger partial charge in [-0.3, -0.25) is 4.68 Å². The predicted octanol–water partition coefficient (Wildman–Crippen LogP) is 2.32. The molecule has 0 aromatic carbocycles. The Bertz CT molecular complexity index is 211. The molecule has 0 saturated carbocycles. The molecule has 0 spiro atoms. The van der Waals surface area contributed by atoms with Gasteiger partial charge in [-0.2, -0.15) is 5.10 Å². The number of aryl methyl sites for hydroxylation is 1. The number of hydrogen-bond acceptors (Lipinski definition) is 1. The van der Waals surface area contributed by atoms with Crippen molar-refractivity contribution >= 4 is 0 Å². The van der Waals surface area contributed by atoms with Gasteiger partial charge in [0.15, 0.2) is 0 Å². The maximum absolute atomic E-state index is 4.15. The molecule has 0 saturated heterocycles. The van der Waals surface area contributed by atoms with Crippen molar-refractivity contribution in [2.45, 2.75) is 32.6 Å². The molecule has 1 aromatic heterocycles. The highest BCUT2D eigenvalue weighted by Gasteiger charge is 2.07. The van der Waals surface area contributed by atoms with E-state index in [-0.39, 0.29) is 0 Å². The quantitative estimate of drug-likeness (QED) is 0.650. The van der Waals surface area contributed by atoms with Crippen LogP contribution in [0.3, 0.4) is 0 Å². The number of hydrogen-bond donors (Lipinski definition) is 0. The molecular formula is C9H16N2. The van der Waals surface area contributed by atoms with Crippen LogP contribution in [-0.4, -0.2) is 9.78 Å². The number of rotatable bonds is 3. The van der Waals surface area contributed by atoms with Crippen LogP contribution in [0.25, 0.3) is 0 Å². The molecule has 1 aromatic rings. The second-order valence-corrected chi connectivity index (χ2v) is 2.96. The SMILES string of the molecule is CCC(CC)c1cnn(C)c1. The summed E-state index contributed by atoms with van der Waals surface area (Å²) in [5.41, 5.74) is 1.37. The lowest BCUT2D eigenvalue weighted by Gasteiger charge is -2.07. The van der Waals surface area contributed by atoms with Gasteiger partial charge in [-0.1, -0.05) is 13.8 Å². The summed E-state index contributed by atoms with van der Waals surface area (Å²) in [7, 11) is 1.96. The summed E-state index contributed by atoms with van der Waals surface area (Å²) in [6.07, 6.45) is 6.50. The van der Waals surface area contributed by atoms with Crippen molar-refractivity contribution in [3.63, 3.8) is 0 Å². The van der Waals surface area contributed by atoms with Crippen LogP contribution in [-0.2, 0) is 7.05 Å². The number of aromatic nitrogens is 2. The first-order chi connectivity index (χ1) is 5.27. The van der Waals surface area contributed by atoms with Gasteiger partial charge in [0.1, 0.15) is 0 Å². The largest absolute Gasteiger partial charge is 0.276 e. The van der Waals surface area contributed by atoms with E-state index >= 15 is 0 Å². The van der Waals surface area contributed by atoms with E-state index in [2.05, 4.69) is 25.1 Å². The second kappa shape index (κ2) is 3.56. The van der Waals surface area contributed by atoms with Crippen molar-refractivity contribution in [3.05, 3.63) is 18.0 Å². The van der Waals surface area contributed by atoms with Crippen molar-refractivity contribution in [2.24, 2.45) is 7.05 Å². The summed E-state index contributed by atoms with van der Waals surface area (Å²) >= 11 is 0. The maximum Gasteiger partial charge on any atom is 0.0524 e. The first-order valence-corrected chi connectivity index (χ1v) is 4.26. The molecule has 0 atom stereocenters. The van der Waals surface area contributed by atoms with Crippen LogP contribution >= 0.6 is 0 Å². The summed E-state index contributed by atoms with van der Waals surface area (Å²) in [6.45, 7) is 4.45. The lowest BCUT2D eigenvalue weighted by atomic mass is 9.97. The molecule has 0 fully saturated rings. The first-order valence-electron chi connectivity index (χ1n) is 4.26. The minimum Gasteiger partial charge on any atom is -0.276 e. The molecular weight excluding hydrogens is 136 g/mol. The fraction of sp³-hybridized carbons (Fsp3) is 0.667. The Labute approximate surface area is 68.2 Å². The van der Waals surface area contributed by atoms with Gasteiger partial charge in [0, 0.05) is 13.2 Å². The molecule has 1 rings (SSSR count). The minimum absolute atomic E-state index is 0.698. The highest BCUT2D eigenvalue weighted by atomic mass is 15.2. The maximum atomic E-state index is 4.15. The third-order valence-corrected chi connectivity index (χ3v) is 2.18. The van der Waals surface area contributed by atoms with Gasteiger partial charge in [0.25, 0.3) is 0 Å². The molecule has 2 heteroatoms. The van der Waals surface area contributed by atoms with Crippen LogP contribution < -0.4 is 0 Å². The van der Waals surface area contributed by atoms with Gasteiger partial charge in [0.05, 0.1) is 6.20 Å². The average molecular weight is 152 g/mol. The highest BCUT2D eigenvalue weighted by Crippen LogP contribution is 2.21. The van der Waals surface area contributed by atoms with Crippen molar-refractivity contribution < 1.29 is 0 Å². The van der Waals surface area contributed by atoms with Gasteiger partial charge >= 0.3 is 0 Å². The summed E-state index contributed by atoms with van der Waals surface area (Å²) in [6, 6.07) is 0. The molecule has 0 amide bonds. The normalized spacial score (nSPS) is 10.9. The van der Waals surface area contributed by atoms with E-state index < -0.39 is 0 Å². The molecule has 62 valence electrons. The molecule has 11 heavy (non-hydrogen) atoms. The Morgan fingerprint density at radius 2 is 2.09 bits per heavy atom. The van der Waals surface area contributed by atoms with Crippen LogP contribution in [0.5, 0.6) is 0 Å². The monoisotopic (exact) mass is 152 g/mol. The predicted molar refractivity (Wildman–Crippen MR) is 46.5 cm³/mol. The van der Waals surface area contributed by atoms with Gasteiger partial charge < -0.3 is 0 Å². The first kappa shape index (κ1) is 8.31. The van der Waals surface area contributed by atoms with Crippen LogP contribution in [0.4, 0.5) is 0 Å². The number of nitrogens with zero attached hydrogens (tertiary/aromatic N) is 2. The second-order valence-electron chi connectivity index (χ2n) is 2.96. The molecule has 0 aliphatic rings. The Kier molecular flexibility index (Phi) is 2.69. The van der Waals surface area contributed by atoms with E-state index in [1.165, 1.54) is 18.4 Å². The Hall–Kier alpha value is -0.790. The molecule has 0 unspecified atom stereocenters. The van der Waals surface area contributed by atoms with Crippen LogP contribution in [0.1, 0.15) is 38.2 Å². The van der Waals surface area contributed by atoms with E-state index in [0.717, 1.165) is 0 Å². The Morgan fingerprint density at radius 3 is 2.45 bits per heavy atom. The third kappa shape index (κ3) is 1.82. The van der Waals surface area contributed by atoms with Gasteiger partial charge in [-0.05, 0) is 24.3 Å². The highest BCUT2D eigenvalue weighted by molar-refractivity contribution is 5.10. The fourth-order valence-corrected chi connectivity index (χ4v) is 1.41. The zero-order chi connectivity index (χ0) is 8.27. The van der Waals surface area contributed by atoms with Crippen LogP contribution in [0.2, 0.25) is 0 Å². The molecule has 0 aliphatic carbocycles. The molecule has 2 nitrogen and oxygen atoms in total. The van der Waals surface area contributed by atoms with Gasteiger partial charge in [-0.25, -0.2) is 0 Å². The zero-order valence-electron chi connectivity index (χ0n) is 7.54. The summed E-state index contributed by atoms with van der Waals surface area (Å²) in [5, 5.41) is 4.15. The lowest BCUT2D eigenvalue weighted by molar-refractivity contribution is 0.640. The van der Waals surface area contributed by atoms with E-state index in [9.17, 15) is 0 Å². The van der Waals surface area contributed by atoms with E-state index in [1.807, 2.05) is 17.9 Å². The third-order valence-electron chi connectivity index (χ3n) is 2.18. The summed E-state index contributed by atoms with van der Waals surface area (Å²) in [5.74, 6) is 0.698. The van der Waals surface area contributed by atoms with E-state index in [4.69, 9.17) is 0 Å². The van der Waals surface area contributed by atoms with Gasteiger partial charge in [0.2, 0.25) is 0 Å². The van der Waals surface area contributed by atoms with Crippen molar-refractivity contribution in [2.75, 3.05) is 0 Å². The Morgan fingerprint density at radius 1 is 1.45 bits per heavy atom. The van der Waals surface area contributed by atoms with Gasteiger partial charge in [-0.15, -0.1) is 0 Å². The fourth-order valence-electron chi connectivity index (χ4n) is 1.41. The molecule has 0 bridgehead atoms. The van der Waals surface area contributed by atoms with E-state index in [0.29, 0.717) is 5.92 Å². The minimum atomic E-state index is 0.698. The standard InChI is InChI=1S/C9H16N2/c1-4-8(5-2)9-6-10-11(3)7-9/h6-8H,4-5H2,1-3H3. The summed E-state index contributed by atoms with van der Waals surface area (Å²) < 4.78 is 1.87.